The van der Waals surface area contributed by atoms with Crippen LogP contribution in [0.2, 0.25) is 5.02 Å². The highest BCUT2D eigenvalue weighted by atomic mass is 35.5. The van der Waals surface area contributed by atoms with Gasteiger partial charge in [-0.15, -0.1) is 0 Å². The predicted octanol–water partition coefficient (Wildman–Crippen LogP) is 2.36. The number of benzene rings is 1. The Morgan fingerprint density at radius 3 is 2.83 bits per heavy atom. The molecule has 1 N–H and O–H groups in total. The van der Waals surface area contributed by atoms with Gasteiger partial charge in [-0.1, -0.05) is 11.6 Å². The zero-order valence-corrected chi connectivity index (χ0v) is 17.1. The summed E-state index contributed by atoms with van der Waals surface area (Å²) < 4.78 is 7.11. The number of ether oxygens (including phenoxy) is 1. The average molecular weight is 420 g/mol. The molecular weight excluding hydrogens is 394 g/mol. The van der Waals surface area contributed by atoms with Crippen LogP contribution in [0.25, 0.3) is 10.9 Å². The molecule has 0 saturated carbocycles. The molecule has 0 radical (unpaired) electrons. The standard InChI is InChI=1S/C21H26ClN3O4/c22-15-4-5-17-18(11-15)23-14-25(20(17)27)13-21(28)6-8-24(9-7-21)19(26)12-16-3-1-2-10-29-16/h4-5,11,14,16,28H,1-3,6-10,12-13H2. The van der Waals surface area contributed by atoms with Crippen LogP contribution in [0.15, 0.2) is 29.3 Å². The van der Waals surface area contributed by atoms with E-state index in [1.807, 2.05) is 0 Å². The van der Waals surface area contributed by atoms with Crippen LogP contribution in [-0.4, -0.2) is 56.9 Å². The largest absolute Gasteiger partial charge is 0.388 e. The van der Waals surface area contributed by atoms with Gasteiger partial charge in [0.25, 0.3) is 5.56 Å². The Balaban J connectivity index is 1.39. The average Bonchev–Trinajstić information content (AvgIpc) is 2.71. The first-order valence-electron chi connectivity index (χ1n) is 10.2. The van der Waals surface area contributed by atoms with Gasteiger partial charge < -0.3 is 14.7 Å². The second kappa shape index (κ2) is 8.42. The van der Waals surface area contributed by atoms with Crippen molar-refractivity contribution >= 4 is 28.4 Å². The molecule has 0 bridgehead atoms. The quantitative estimate of drug-likeness (QED) is 0.822. The summed E-state index contributed by atoms with van der Waals surface area (Å²) in [5, 5.41) is 12.0. The van der Waals surface area contributed by atoms with E-state index < -0.39 is 5.60 Å². The number of halogens is 1. The summed E-state index contributed by atoms with van der Waals surface area (Å²) in [6.07, 6.45) is 5.85. The minimum Gasteiger partial charge on any atom is -0.388 e. The summed E-state index contributed by atoms with van der Waals surface area (Å²) >= 11 is 5.96. The van der Waals surface area contributed by atoms with Crippen LogP contribution >= 0.6 is 11.6 Å². The Hall–Kier alpha value is -1.96. The number of carbonyl (C=O) groups excluding carboxylic acids is 1. The van der Waals surface area contributed by atoms with Crippen molar-refractivity contribution in [3.63, 3.8) is 0 Å². The molecule has 3 heterocycles. The molecular formula is C21H26ClN3O4. The van der Waals surface area contributed by atoms with Crippen LogP contribution in [0.5, 0.6) is 0 Å². The zero-order valence-electron chi connectivity index (χ0n) is 16.3. The van der Waals surface area contributed by atoms with E-state index in [0.29, 0.717) is 48.3 Å². The number of likely N-dealkylation sites (tertiary alicyclic amines) is 1. The first kappa shape index (κ1) is 20.3. The fraction of sp³-hybridized carbons (Fsp3) is 0.571. The van der Waals surface area contributed by atoms with E-state index in [1.54, 1.807) is 23.1 Å². The summed E-state index contributed by atoms with van der Waals surface area (Å²) in [6, 6.07) is 4.96. The topological polar surface area (TPSA) is 84.7 Å². The molecule has 2 fully saturated rings. The Morgan fingerprint density at radius 2 is 2.10 bits per heavy atom. The zero-order chi connectivity index (χ0) is 20.4. The van der Waals surface area contributed by atoms with Crippen LogP contribution in [0.4, 0.5) is 0 Å². The number of rotatable bonds is 4. The molecule has 1 aromatic carbocycles. The molecule has 0 aliphatic carbocycles. The third-order valence-electron chi connectivity index (χ3n) is 5.98. The SMILES string of the molecule is O=C(CC1CCCCO1)N1CCC(O)(Cn2cnc3cc(Cl)ccc3c2=O)CC1. The van der Waals surface area contributed by atoms with Crippen LogP contribution in [0, 0.1) is 0 Å². The molecule has 2 aliphatic heterocycles. The van der Waals surface area contributed by atoms with Crippen molar-refractivity contribution in [2.75, 3.05) is 19.7 Å². The van der Waals surface area contributed by atoms with Gasteiger partial charge in [0, 0.05) is 24.7 Å². The second-order valence-electron chi connectivity index (χ2n) is 8.14. The van der Waals surface area contributed by atoms with Crippen LogP contribution in [0.3, 0.4) is 0 Å². The highest BCUT2D eigenvalue weighted by Gasteiger charge is 2.35. The van der Waals surface area contributed by atoms with Crippen LogP contribution in [-0.2, 0) is 16.1 Å². The van der Waals surface area contributed by atoms with Crippen molar-refractivity contribution in [3.8, 4) is 0 Å². The number of nitrogens with zero attached hydrogens (tertiary/aromatic N) is 3. The minimum atomic E-state index is -1.04. The number of aliphatic hydroxyl groups is 1. The Labute approximate surface area is 174 Å². The van der Waals surface area contributed by atoms with Crippen molar-refractivity contribution in [1.29, 1.82) is 0 Å². The maximum absolute atomic E-state index is 12.7. The lowest BCUT2D eigenvalue weighted by Gasteiger charge is -2.39. The van der Waals surface area contributed by atoms with Crippen molar-refractivity contribution in [1.82, 2.24) is 14.5 Å². The van der Waals surface area contributed by atoms with Crippen molar-refractivity contribution < 1.29 is 14.6 Å². The van der Waals surface area contributed by atoms with Gasteiger partial charge in [0.2, 0.25) is 5.91 Å². The van der Waals surface area contributed by atoms with Gasteiger partial charge in [-0.25, -0.2) is 4.98 Å². The summed E-state index contributed by atoms with van der Waals surface area (Å²) in [7, 11) is 0. The number of piperidine rings is 1. The summed E-state index contributed by atoms with van der Waals surface area (Å²) in [5.74, 6) is 0.0837. The third kappa shape index (κ3) is 4.63. The molecule has 156 valence electrons. The Bertz CT molecular complexity index is 947. The summed E-state index contributed by atoms with van der Waals surface area (Å²) in [4.78, 5) is 31.4. The predicted molar refractivity (Wildman–Crippen MR) is 110 cm³/mol. The maximum atomic E-state index is 12.7. The van der Waals surface area contributed by atoms with E-state index in [2.05, 4.69) is 4.98 Å². The molecule has 8 heteroatoms. The van der Waals surface area contributed by atoms with Gasteiger partial charge in [-0.2, -0.15) is 0 Å². The Morgan fingerprint density at radius 1 is 1.31 bits per heavy atom. The highest BCUT2D eigenvalue weighted by Crippen LogP contribution is 2.25. The number of carbonyl (C=O) groups is 1. The molecule has 2 saturated heterocycles. The summed E-state index contributed by atoms with van der Waals surface area (Å²) in [6.45, 7) is 1.85. The Kier molecular flexibility index (Phi) is 5.90. The van der Waals surface area contributed by atoms with Gasteiger partial charge in [0.05, 0.1) is 41.9 Å². The molecule has 4 rings (SSSR count). The fourth-order valence-electron chi connectivity index (χ4n) is 4.18. The first-order valence-corrected chi connectivity index (χ1v) is 10.6. The van der Waals surface area contributed by atoms with E-state index in [4.69, 9.17) is 16.3 Å². The monoisotopic (exact) mass is 419 g/mol. The maximum Gasteiger partial charge on any atom is 0.261 e. The van der Waals surface area contributed by atoms with E-state index in [-0.39, 0.29) is 24.1 Å². The molecule has 1 unspecified atom stereocenters. The van der Waals surface area contributed by atoms with Crippen molar-refractivity contribution in [2.45, 2.75) is 56.8 Å². The molecule has 29 heavy (non-hydrogen) atoms. The molecule has 2 aromatic rings. The van der Waals surface area contributed by atoms with E-state index in [0.717, 1.165) is 25.9 Å². The molecule has 1 amide bonds. The molecule has 7 nitrogen and oxygen atoms in total. The smallest absolute Gasteiger partial charge is 0.261 e. The van der Waals surface area contributed by atoms with Crippen molar-refractivity contribution in [2.24, 2.45) is 0 Å². The minimum absolute atomic E-state index is 0.0211. The van der Waals surface area contributed by atoms with E-state index in [9.17, 15) is 14.7 Å². The van der Waals surface area contributed by atoms with Crippen molar-refractivity contribution in [3.05, 3.63) is 39.9 Å². The van der Waals surface area contributed by atoms with Gasteiger partial charge in [0.1, 0.15) is 0 Å². The lowest BCUT2D eigenvalue weighted by molar-refractivity contribution is -0.139. The van der Waals surface area contributed by atoms with Gasteiger partial charge in [-0.3, -0.25) is 14.2 Å². The first-order chi connectivity index (χ1) is 13.9. The van der Waals surface area contributed by atoms with Gasteiger partial charge >= 0.3 is 0 Å². The fourth-order valence-corrected chi connectivity index (χ4v) is 4.35. The molecule has 1 aromatic heterocycles. The number of hydrogen-bond acceptors (Lipinski definition) is 5. The van der Waals surface area contributed by atoms with Crippen LogP contribution in [0.1, 0.15) is 38.5 Å². The van der Waals surface area contributed by atoms with E-state index >= 15 is 0 Å². The van der Waals surface area contributed by atoms with Crippen LogP contribution < -0.4 is 5.56 Å². The highest BCUT2D eigenvalue weighted by molar-refractivity contribution is 6.31. The number of amides is 1. The molecule has 0 spiro atoms. The third-order valence-corrected chi connectivity index (χ3v) is 6.21. The molecule has 2 aliphatic rings. The van der Waals surface area contributed by atoms with E-state index in [1.165, 1.54) is 10.9 Å². The number of hydrogen-bond donors (Lipinski definition) is 1. The lowest BCUT2D eigenvalue weighted by Crippen LogP contribution is -2.50. The number of aromatic nitrogens is 2. The summed E-state index contributed by atoms with van der Waals surface area (Å²) in [5.41, 5.74) is -0.701. The second-order valence-corrected chi connectivity index (χ2v) is 8.57. The molecule has 1 atom stereocenters. The van der Waals surface area contributed by atoms with Gasteiger partial charge in [-0.05, 0) is 50.3 Å². The van der Waals surface area contributed by atoms with Gasteiger partial charge in [0.15, 0.2) is 0 Å². The lowest BCUT2D eigenvalue weighted by atomic mass is 9.90. The normalized spacial score (nSPS) is 22.0. The number of fused-ring (bicyclic) bond motifs is 1.